The third kappa shape index (κ3) is 8.01. The molecule has 136 valence electrons. The number of unbranched alkanes of at least 4 members (excludes halogenated alkanes) is 1. The lowest BCUT2D eigenvalue weighted by Gasteiger charge is -2.07. The Morgan fingerprint density at radius 2 is 1.72 bits per heavy atom. The molecule has 0 heterocycles. The van der Waals surface area contributed by atoms with Gasteiger partial charge in [-0.1, -0.05) is 12.1 Å². The predicted octanol–water partition coefficient (Wildman–Crippen LogP) is 1.54. The largest absolute Gasteiger partial charge is 0.484 e. The van der Waals surface area contributed by atoms with Crippen LogP contribution in [0.5, 0.6) is 5.75 Å². The lowest BCUT2D eigenvalue weighted by molar-refractivity contribution is -0.138. The molecule has 1 amide bonds. The van der Waals surface area contributed by atoms with Crippen LogP contribution in [-0.4, -0.2) is 38.7 Å². The van der Waals surface area contributed by atoms with Crippen molar-refractivity contribution < 1.29 is 28.6 Å². The molecule has 25 heavy (non-hydrogen) atoms. The zero-order valence-corrected chi connectivity index (χ0v) is 14.4. The molecule has 0 radical (unpaired) electrons. The number of aryl methyl sites for hydroxylation is 1. The van der Waals surface area contributed by atoms with E-state index in [1.54, 1.807) is 12.1 Å². The summed E-state index contributed by atoms with van der Waals surface area (Å²) in [6.45, 7) is -0.151. The van der Waals surface area contributed by atoms with Crippen LogP contribution in [0.4, 0.5) is 0 Å². The highest BCUT2D eigenvalue weighted by molar-refractivity contribution is 5.96. The number of carbonyl (C=O) groups is 3. The number of hydrogen-bond acceptors (Lipinski definition) is 6. The van der Waals surface area contributed by atoms with Gasteiger partial charge in [-0.05, 0) is 43.4 Å². The SMILES string of the molecule is COC(=O)/C=C(/CCCCc1ccc(OCC(N)=O)cc1)C(=O)OC. The third-order valence-corrected chi connectivity index (χ3v) is 3.41. The van der Waals surface area contributed by atoms with Gasteiger partial charge in [-0.25, -0.2) is 9.59 Å². The van der Waals surface area contributed by atoms with Gasteiger partial charge in [0, 0.05) is 11.6 Å². The number of ether oxygens (including phenoxy) is 3. The first-order chi connectivity index (χ1) is 12.0. The number of carbonyl (C=O) groups excluding carboxylic acids is 3. The molecule has 1 aromatic carbocycles. The van der Waals surface area contributed by atoms with Crippen LogP contribution in [0.2, 0.25) is 0 Å². The second kappa shape index (κ2) is 10.9. The van der Waals surface area contributed by atoms with Gasteiger partial charge in [-0.2, -0.15) is 0 Å². The van der Waals surface area contributed by atoms with Crippen LogP contribution >= 0.6 is 0 Å². The molecule has 0 saturated heterocycles. The fraction of sp³-hybridized carbons (Fsp3) is 0.389. The van der Waals surface area contributed by atoms with Crippen molar-refractivity contribution >= 4 is 17.8 Å². The van der Waals surface area contributed by atoms with Crippen LogP contribution in [0.15, 0.2) is 35.9 Å². The fourth-order valence-electron chi connectivity index (χ4n) is 2.12. The highest BCUT2D eigenvalue weighted by Gasteiger charge is 2.12. The van der Waals surface area contributed by atoms with Crippen molar-refractivity contribution in [2.45, 2.75) is 25.7 Å². The molecular formula is C18H23NO6. The summed E-state index contributed by atoms with van der Waals surface area (Å²) < 4.78 is 14.4. The van der Waals surface area contributed by atoms with Gasteiger partial charge >= 0.3 is 11.9 Å². The van der Waals surface area contributed by atoms with Crippen LogP contribution in [0.25, 0.3) is 0 Å². The number of primary amides is 1. The minimum absolute atomic E-state index is 0.151. The van der Waals surface area contributed by atoms with Gasteiger partial charge in [0.25, 0.3) is 5.91 Å². The van der Waals surface area contributed by atoms with Crippen molar-refractivity contribution in [2.24, 2.45) is 5.73 Å². The second-order valence-electron chi connectivity index (χ2n) is 5.29. The van der Waals surface area contributed by atoms with Gasteiger partial charge in [0.05, 0.1) is 14.2 Å². The lowest BCUT2D eigenvalue weighted by atomic mass is 10.0. The van der Waals surface area contributed by atoms with Gasteiger partial charge < -0.3 is 19.9 Å². The van der Waals surface area contributed by atoms with Gasteiger partial charge in [0.1, 0.15) is 5.75 Å². The highest BCUT2D eigenvalue weighted by Crippen LogP contribution is 2.16. The predicted molar refractivity (Wildman–Crippen MR) is 90.8 cm³/mol. The molecule has 0 unspecified atom stereocenters. The number of amides is 1. The van der Waals surface area contributed by atoms with E-state index in [1.807, 2.05) is 12.1 Å². The van der Waals surface area contributed by atoms with Crippen LogP contribution < -0.4 is 10.5 Å². The molecule has 0 bridgehead atoms. The average Bonchev–Trinajstić information content (AvgIpc) is 2.62. The number of nitrogens with two attached hydrogens (primary N) is 1. The van der Waals surface area contributed by atoms with Crippen LogP contribution in [0, 0.1) is 0 Å². The summed E-state index contributed by atoms with van der Waals surface area (Å²) in [7, 11) is 2.53. The zero-order chi connectivity index (χ0) is 18.7. The third-order valence-electron chi connectivity index (χ3n) is 3.41. The first kappa shape index (κ1) is 20.2. The number of hydrogen-bond donors (Lipinski definition) is 1. The molecule has 7 nitrogen and oxygen atoms in total. The molecule has 7 heteroatoms. The van der Waals surface area contributed by atoms with E-state index in [4.69, 9.17) is 10.5 Å². The molecule has 0 atom stereocenters. The molecular weight excluding hydrogens is 326 g/mol. The van der Waals surface area contributed by atoms with E-state index in [9.17, 15) is 14.4 Å². The van der Waals surface area contributed by atoms with Crippen molar-refractivity contribution in [3.8, 4) is 5.75 Å². The smallest absolute Gasteiger partial charge is 0.333 e. The molecule has 0 aromatic heterocycles. The van der Waals surface area contributed by atoms with Crippen LogP contribution in [0.1, 0.15) is 24.8 Å². The quantitative estimate of drug-likeness (QED) is 0.390. The summed E-state index contributed by atoms with van der Waals surface area (Å²) in [4.78, 5) is 33.6. The van der Waals surface area contributed by atoms with Gasteiger partial charge in [-0.15, -0.1) is 0 Å². The highest BCUT2D eigenvalue weighted by atomic mass is 16.5. The molecule has 0 fully saturated rings. The van der Waals surface area contributed by atoms with Crippen molar-refractivity contribution in [2.75, 3.05) is 20.8 Å². The Morgan fingerprint density at radius 3 is 2.28 bits per heavy atom. The zero-order valence-electron chi connectivity index (χ0n) is 14.4. The Bertz CT molecular complexity index is 621. The second-order valence-corrected chi connectivity index (χ2v) is 5.29. The summed E-state index contributed by atoms with van der Waals surface area (Å²) in [5.41, 5.74) is 6.41. The van der Waals surface area contributed by atoms with Gasteiger partial charge in [-0.3, -0.25) is 4.79 Å². The molecule has 0 saturated carbocycles. The monoisotopic (exact) mass is 349 g/mol. The van der Waals surface area contributed by atoms with Gasteiger partial charge in [0.2, 0.25) is 0 Å². The van der Waals surface area contributed by atoms with Crippen LogP contribution in [-0.2, 0) is 30.3 Å². The summed E-state index contributed by atoms with van der Waals surface area (Å²) in [5.74, 6) is -1.05. The molecule has 1 rings (SSSR count). The Morgan fingerprint density at radius 1 is 1.04 bits per heavy atom. The van der Waals surface area contributed by atoms with E-state index in [1.165, 1.54) is 14.2 Å². The number of methoxy groups -OCH3 is 2. The minimum atomic E-state index is -0.577. The van der Waals surface area contributed by atoms with E-state index in [-0.39, 0.29) is 6.61 Å². The standard InChI is InChI=1S/C18H23NO6/c1-23-17(21)11-14(18(22)24-2)6-4-3-5-13-7-9-15(10-8-13)25-12-16(19)20/h7-11H,3-6,12H2,1-2H3,(H2,19,20)/b14-11-. The summed E-state index contributed by atoms with van der Waals surface area (Å²) in [6, 6.07) is 7.36. The Kier molecular flexibility index (Phi) is 8.78. The maximum Gasteiger partial charge on any atom is 0.333 e. The maximum atomic E-state index is 11.6. The Balaban J connectivity index is 2.45. The van der Waals surface area contributed by atoms with E-state index >= 15 is 0 Å². The molecule has 2 N–H and O–H groups in total. The fourth-order valence-corrected chi connectivity index (χ4v) is 2.12. The summed E-state index contributed by atoms with van der Waals surface area (Å²) in [5, 5.41) is 0. The first-order valence-electron chi connectivity index (χ1n) is 7.83. The van der Waals surface area contributed by atoms with Gasteiger partial charge in [0.15, 0.2) is 6.61 Å². The average molecular weight is 349 g/mol. The van der Waals surface area contributed by atoms with Crippen molar-refractivity contribution in [3.05, 3.63) is 41.5 Å². The number of esters is 2. The molecule has 0 spiro atoms. The van der Waals surface area contributed by atoms with E-state index in [0.29, 0.717) is 17.7 Å². The van der Waals surface area contributed by atoms with E-state index < -0.39 is 17.8 Å². The molecule has 0 aliphatic rings. The summed E-state index contributed by atoms with van der Waals surface area (Å²) >= 11 is 0. The first-order valence-corrected chi connectivity index (χ1v) is 7.83. The molecule has 0 aliphatic carbocycles. The van der Waals surface area contributed by atoms with Crippen molar-refractivity contribution in [1.29, 1.82) is 0 Å². The molecule has 0 aliphatic heterocycles. The summed E-state index contributed by atoms with van der Waals surface area (Å²) in [6.07, 6.45) is 3.95. The number of rotatable bonds is 10. The Labute approximate surface area is 146 Å². The molecule has 1 aromatic rings. The van der Waals surface area contributed by atoms with E-state index in [2.05, 4.69) is 9.47 Å². The maximum absolute atomic E-state index is 11.6. The number of benzene rings is 1. The van der Waals surface area contributed by atoms with E-state index in [0.717, 1.165) is 30.9 Å². The van der Waals surface area contributed by atoms with Crippen molar-refractivity contribution in [1.82, 2.24) is 0 Å². The normalized spacial score (nSPS) is 10.9. The van der Waals surface area contributed by atoms with Crippen molar-refractivity contribution in [3.63, 3.8) is 0 Å². The van der Waals surface area contributed by atoms with Crippen LogP contribution in [0.3, 0.4) is 0 Å². The lowest BCUT2D eigenvalue weighted by Crippen LogP contribution is -2.19. The minimum Gasteiger partial charge on any atom is -0.484 e. The Hall–Kier alpha value is -2.83. The topological polar surface area (TPSA) is 105 Å².